The first-order valence-corrected chi connectivity index (χ1v) is 8.09. The summed E-state index contributed by atoms with van der Waals surface area (Å²) in [6.45, 7) is 3.00. The molecule has 1 aliphatic carbocycles. The van der Waals surface area contributed by atoms with Gasteiger partial charge in [0.25, 0.3) is 0 Å². The van der Waals surface area contributed by atoms with Crippen molar-refractivity contribution >= 4 is 0 Å². The Balaban J connectivity index is 2.00. The van der Waals surface area contributed by atoms with Crippen molar-refractivity contribution in [3.63, 3.8) is 0 Å². The van der Waals surface area contributed by atoms with Crippen molar-refractivity contribution < 1.29 is 9.47 Å². The molecule has 1 fully saturated rings. The molecule has 1 heterocycles. The molecule has 0 spiro atoms. The van der Waals surface area contributed by atoms with Gasteiger partial charge in [-0.25, -0.2) is 0 Å². The molecule has 0 aliphatic heterocycles. The Morgan fingerprint density at radius 3 is 2.62 bits per heavy atom. The molecule has 21 heavy (non-hydrogen) atoms. The number of hydrogen-bond acceptors (Lipinski definition) is 4. The molecule has 0 saturated heterocycles. The number of rotatable bonds is 7. The summed E-state index contributed by atoms with van der Waals surface area (Å²) in [5.74, 6) is 2.29. The maximum absolute atomic E-state index is 5.45. The lowest BCUT2D eigenvalue weighted by atomic mass is 9.83. The fourth-order valence-electron chi connectivity index (χ4n) is 3.39. The largest absolute Gasteiger partial charge is 0.493 e. The average Bonchev–Trinajstić information content (AvgIpc) is 2.56. The van der Waals surface area contributed by atoms with E-state index in [-0.39, 0.29) is 0 Å². The normalized spacial score (nSPS) is 17.5. The second-order valence-electron chi connectivity index (χ2n) is 5.79. The van der Waals surface area contributed by atoms with E-state index in [0.29, 0.717) is 6.04 Å². The molecule has 4 heteroatoms. The van der Waals surface area contributed by atoms with Crippen LogP contribution in [-0.2, 0) is 6.54 Å². The predicted molar refractivity (Wildman–Crippen MR) is 84.8 cm³/mol. The summed E-state index contributed by atoms with van der Waals surface area (Å²) in [5.41, 5.74) is 0.922. The zero-order valence-corrected chi connectivity index (χ0v) is 13.5. The molecule has 1 aliphatic rings. The summed E-state index contributed by atoms with van der Waals surface area (Å²) < 4.78 is 10.8. The molecule has 1 saturated carbocycles. The number of ether oxygens (including phenoxy) is 2. The van der Waals surface area contributed by atoms with Gasteiger partial charge >= 0.3 is 0 Å². The Morgan fingerprint density at radius 1 is 1.24 bits per heavy atom. The van der Waals surface area contributed by atoms with Gasteiger partial charge in [-0.05, 0) is 25.2 Å². The highest BCUT2D eigenvalue weighted by Gasteiger charge is 2.22. The van der Waals surface area contributed by atoms with Crippen molar-refractivity contribution in [3.05, 3.63) is 18.0 Å². The van der Waals surface area contributed by atoms with E-state index in [0.717, 1.165) is 36.1 Å². The highest BCUT2D eigenvalue weighted by molar-refractivity contribution is 5.42. The molecule has 0 aromatic carbocycles. The van der Waals surface area contributed by atoms with Crippen molar-refractivity contribution in [1.29, 1.82) is 0 Å². The van der Waals surface area contributed by atoms with Gasteiger partial charge in [-0.1, -0.05) is 26.2 Å². The molecule has 0 amide bonds. The van der Waals surface area contributed by atoms with E-state index >= 15 is 0 Å². The molecule has 4 nitrogen and oxygen atoms in total. The lowest BCUT2D eigenvalue weighted by molar-refractivity contribution is 0.259. The fourth-order valence-corrected chi connectivity index (χ4v) is 3.39. The lowest BCUT2D eigenvalue weighted by Crippen LogP contribution is -2.36. The summed E-state index contributed by atoms with van der Waals surface area (Å²) >= 11 is 0. The third kappa shape index (κ3) is 4.10. The second kappa shape index (κ2) is 8.23. The van der Waals surface area contributed by atoms with E-state index in [2.05, 4.69) is 17.2 Å². The molecule has 0 bridgehead atoms. The van der Waals surface area contributed by atoms with Gasteiger partial charge in [0.1, 0.15) is 0 Å². The number of methoxy groups -OCH3 is 2. The fraction of sp³-hybridized carbons (Fsp3) is 0.706. The van der Waals surface area contributed by atoms with Crippen LogP contribution in [0.4, 0.5) is 0 Å². The van der Waals surface area contributed by atoms with Gasteiger partial charge in [0.05, 0.1) is 19.9 Å². The highest BCUT2D eigenvalue weighted by atomic mass is 16.5. The highest BCUT2D eigenvalue weighted by Crippen LogP contribution is 2.30. The molecule has 1 atom stereocenters. The van der Waals surface area contributed by atoms with Gasteiger partial charge in [0.2, 0.25) is 0 Å². The summed E-state index contributed by atoms with van der Waals surface area (Å²) in [6, 6.07) is 2.41. The second-order valence-corrected chi connectivity index (χ2v) is 5.79. The smallest absolute Gasteiger partial charge is 0.183 e. The van der Waals surface area contributed by atoms with Crippen LogP contribution in [0.5, 0.6) is 11.5 Å². The van der Waals surface area contributed by atoms with E-state index in [1.54, 1.807) is 20.4 Å². The summed E-state index contributed by atoms with van der Waals surface area (Å²) in [7, 11) is 3.33. The molecule has 1 N–H and O–H groups in total. The van der Waals surface area contributed by atoms with Crippen LogP contribution >= 0.6 is 0 Å². The average molecular weight is 292 g/mol. The van der Waals surface area contributed by atoms with Crippen molar-refractivity contribution in [1.82, 2.24) is 10.3 Å². The van der Waals surface area contributed by atoms with Gasteiger partial charge < -0.3 is 14.8 Å². The zero-order valence-electron chi connectivity index (χ0n) is 13.5. The predicted octanol–water partition coefficient (Wildman–Crippen LogP) is 3.55. The Morgan fingerprint density at radius 2 is 2.00 bits per heavy atom. The standard InChI is InChI=1S/C17H28N2O2/c1-4-14(13-8-6-5-7-9-13)19-12-15-17(21-3)16(20-2)10-11-18-15/h10-11,13-14,19H,4-9,12H2,1-3H3. The van der Waals surface area contributed by atoms with Gasteiger partial charge in [-0.3, -0.25) is 4.98 Å². The van der Waals surface area contributed by atoms with Crippen LogP contribution < -0.4 is 14.8 Å². The van der Waals surface area contributed by atoms with Crippen LogP contribution in [0.2, 0.25) is 0 Å². The monoisotopic (exact) mass is 292 g/mol. The van der Waals surface area contributed by atoms with E-state index in [1.807, 2.05) is 6.07 Å². The SMILES string of the molecule is CCC(NCc1nccc(OC)c1OC)C1CCCCC1. The van der Waals surface area contributed by atoms with Crippen molar-refractivity contribution in [2.45, 2.75) is 58.0 Å². The van der Waals surface area contributed by atoms with Gasteiger partial charge in [0.15, 0.2) is 11.5 Å². The van der Waals surface area contributed by atoms with Crippen LogP contribution in [0.25, 0.3) is 0 Å². The van der Waals surface area contributed by atoms with Crippen LogP contribution in [0.3, 0.4) is 0 Å². The molecule has 1 unspecified atom stereocenters. The molecule has 118 valence electrons. The molecule has 0 radical (unpaired) electrons. The van der Waals surface area contributed by atoms with E-state index in [9.17, 15) is 0 Å². The Labute approximate surface area is 128 Å². The number of nitrogens with one attached hydrogen (secondary N) is 1. The van der Waals surface area contributed by atoms with E-state index in [4.69, 9.17) is 9.47 Å². The Bertz CT molecular complexity index is 431. The topological polar surface area (TPSA) is 43.4 Å². The van der Waals surface area contributed by atoms with Crippen LogP contribution in [0.1, 0.15) is 51.1 Å². The van der Waals surface area contributed by atoms with Crippen molar-refractivity contribution in [2.24, 2.45) is 5.92 Å². The Hall–Kier alpha value is -1.29. The van der Waals surface area contributed by atoms with Crippen LogP contribution in [0, 0.1) is 5.92 Å². The first kappa shape index (κ1) is 16.1. The summed E-state index contributed by atoms with van der Waals surface area (Å²) in [4.78, 5) is 4.44. The maximum Gasteiger partial charge on any atom is 0.183 e. The van der Waals surface area contributed by atoms with Crippen LogP contribution in [0.15, 0.2) is 12.3 Å². The third-order valence-corrected chi connectivity index (χ3v) is 4.56. The zero-order chi connectivity index (χ0) is 15.1. The minimum Gasteiger partial charge on any atom is -0.493 e. The van der Waals surface area contributed by atoms with Gasteiger partial charge in [0, 0.05) is 24.8 Å². The van der Waals surface area contributed by atoms with Crippen LogP contribution in [-0.4, -0.2) is 25.2 Å². The summed E-state index contributed by atoms with van der Waals surface area (Å²) in [5, 5.41) is 3.68. The van der Waals surface area contributed by atoms with Gasteiger partial charge in [-0.2, -0.15) is 0 Å². The molecule has 1 aromatic rings. The molecular weight excluding hydrogens is 264 g/mol. The number of pyridine rings is 1. The van der Waals surface area contributed by atoms with Crippen molar-refractivity contribution in [3.8, 4) is 11.5 Å². The summed E-state index contributed by atoms with van der Waals surface area (Å²) in [6.07, 6.45) is 9.81. The van der Waals surface area contributed by atoms with E-state index < -0.39 is 0 Å². The maximum atomic E-state index is 5.45. The first-order valence-electron chi connectivity index (χ1n) is 8.09. The molecular formula is C17H28N2O2. The number of nitrogens with zero attached hydrogens (tertiary/aromatic N) is 1. The number of hydrogen-bond donors (Lipinski definition) is 1. The first-order chi connectivity index (χ1) is 10.3. The number of aromatic nitrogens is 1. The molecule has 2 rings (SSSR count). The molecule has 1 aromatic heterocycles. The minimum absolute atomic E-state index is 0.572. The quantitative estimate of drug-likeness (QED) is 0.834. The third-order valence-electron chi connectivity index (χ3n) is 4.56. The van der Waals surface area contributed by atoms with Crippen molar-refractivity contribution in [2.75, 3.05) is 14.2 Å². The van der Waals surface area contributed by atoms with E-state index in [1.165, 1.54) is 32.1 Å². The van der Waals surface area contributed by atoms with Gasteiger partial charge in [-0.15, -0.1) is 0 Å². The Kier molecular flexibility index (Phi) is 6.30. The minimum atomic E-state index is 0.572. The lowest BCUT2D eigenvalue weighted by Gasteiger charge is -2.30.